The maximum atomic E-state index is 12.2. The molecule has 1 fully saturated rings. The molecule has 25 heavy (non-hydrogen) atoms. The first kappa shape index (κ1) is 17.4. The highest BCUT2D eigenvalue weighted by atomic mass is 32.1. The fourth-order valence-corrected chi connectivity index (χ4v) is 3.37. The molecule has 1 aliphatic rings. The van der Waals surface area contributed by atoms with Gasteiger partial charge in [-0.25, -0.2) is 0 Å². The normalized spacial score (nSPS) is 20.0. The molecular formula is C18H20N2O4S. The van der Waals surface area contributed by atoms with Crippen LogP contribution in [0.15, 0.2) is 41.1 Å². The third-order valence-corrected chi connectivity index (χ3v) is 4.74. The molecule has 1 aromatic carbocycles. The van der Waals surface area contributed by atoms with Crippen LogP contribution in [0.3, 0.4) is 0 Å². The number of hydrogen-bond acceptors (Lipinski definition) is 5. The highest BCUT2D eigenvalue weighted by molar-refractivity contribution is 7.08. The van der Waals surface area contributed by atoms with E-state index in [4.69, 9.17) is 15.2 Å². The average molecular weight is 360 g/mol. The Bertz CT molecular complexity index is 715. The summed E-state index contributed by atoms with van der Waals surface area (Å²) in [5.74, 6) is 0.108. The van der Waals surface area contributed by atoms with Crippen LogP contribution in [-0.2, 0) is 16.0 Å². The van der Waals surface area contributed by atoms with Crippen molar-refractivity contribution < 1.29 is 19.1 Å². The number of hydrogen-bond donors (Lipinski definition) is 2. The lowest BCUT2D eigenvalue weighted by atomic mass is 10.1. The molecule has 0 saturated carbocycles. The van der Waals surface area contributed by atoms with Crippen LogP contribution in [-0.4, -0.2) is 37.2 Å². The van der Waals surface area contributed by atoms with Crippen molar-refractivity contribution in [2.75, 3.05) is 13.2 Å². The van der Waals surface area contributed by atoms with Crippen LogP contribution in [0.4, 0.5) is 0 Å². The number of benzene rings is 1. The Hall–Kier alpha value is -2.38. The first-order valence-corrected chi connectivity index (χ1v) is 9.01. The molecule has 3 N–H and O–H groups in total. The van der Waals surface area contributed by atoms with E-state index in [2.05, 4.69) is 5.32 Å². The van der Waals surface area contributed by atoms with Crippen LogP contribution in [0.5, 0.6) is 5.75 Å². The van der Waals surface area contributed by atoms with E-state index in [1.165, 1.54) is 0 Å². The van der Waals surface area contributed by atoms with E-state index < -0.39 is 5.91 Å². The summed E-state index contributed by atoms with van der Waals surface area (Å²) in [6.45, 7) is 1.00. The lowest BCUT2D eigenvalue weighted by Crippen LogP contribution is -2.52. The van der Waals surface area contributed by atoms with Crippen molar-refractivity contribution in [3.05, 3.63) is 52.2 Å². The third kappa shape index (κ3) is 4.80. The summed E-state index contributed by atoms with van der Waals surface area (Å²) in [6, 6.07) is 8.40. The molecule has 2 atom stereocenters. The second kappa shape index (κ2) is 8.13. The van der Waals surface area contributed by atoms with Crippen LogP contribution in [0.2, 0.25) is 0 Å². The van der Waals surface area contributed by atoms with Gasteiger partial charge >= 0.3 is 0 Å². The molecule has 132 valence electrons. The van der Waals surface area contributed by atoms with Gasteiger partial charge in [-0.15, -0.1) is 0 Å². The molecule has 2 heterocycles. The first-order chi connectivity index (χ1) is 12.1. The van der Waals surface area contributed by atoms with E-state index >= 15 is 0 Å². The van der Waals surface area contributed by atoms with Crippen molar-refractivity contribution in [1.29, 1.82) is 0 Å². The van der Waals surface area contributed by atoms with E-state index in [1.807, 2.05) is 16.8 Å². The van der Waals surface area contributed by atoms with Crippen LogP contribution in [0.25, 0.3) is 0 Å². The minimum absolute atomic E-state index is 0.0495. The number of primary amides is 1. The number of thiophene rings is 1. The van der Waals surface area contributed by atoms with Gasteiger partial charge in [-0.2, -0.15) is 11.3 Å². The molecular weight excluding hydrogens is 340 g/mol. The maximum absolute atomic E-state index is 12.2. The van der Waals surface area contributed by atoms with Gasteiger partial charge in [0.15, 0.2) is 0 Å². The number of nitrogens with one attached hydrogen (secondary N) is 1. The van der Waals surface area contributed by atoms with E-state index in [0.29, 0.717) is 37.4 Å². The van der Waals surface area contributed by atoms with Crippen molar-refractivity contribution in [2.24, 2.45) is 5.73 Å². The van der Waals surface area contributed by atoms with Crippen LogP contribution >= 0.6 is 11.3 Å². The SMILES string of the molecule is NC(=O)c1ccc(O[C@@H]2CCOC[C@H]2NC(=O)Cc2ccsc2)cc1. The van der Waals surface area contributed by atoms with Crippen molar-refractivity contribution in [3.63, 3.8) is 0 Å². The van der Waals surface area contributed by atoms with E-state index in [9.17, 15) is 9.59 Å². The number of nitrogens with two attached hydrogens (primary N) is 1. The van der Waals surface area contributed by atoms with Crippen LogP contribution in [0, 0.1) is 0 Å². The summed E-state index contributed by atoms with van der Waals surface area (Å²) in [6.07, 6.45) is 0.848. The summed E-state index contributed by atoms with van der Waals surface area (Å²) in [5, 5.41) is 6.91. The standard InChI is InChI=1S/C18H20N2O4S/c19-18(22)13-1-3-14(4-2-13)24-16-5-7-23-10-15(16)20-17(21)9-12-6-8-25-11-12/h1-4,6,8,11,15-16H,5,7,9-10H2,(H2,19,22)(H,20,21)/t15-,16-/m1/s1. The molecule has 1 aliphatic heterocycles. The molecule has 2 amide bonds. The highest BCUT2D eigenvalue weighted by Crippen LogP contribution is 2.19. The fourth-order valence-electron chi connectivity index (χ4n) is 2.70. The third-order valence-electron chi connectivity index (χ3n) is 4.01. The number of amides is 2. The number of carbonyl (C=O) groups is 2. The number of ether oxygens (including phenoxy) is 2. The summed E-state index contributed by atoms with van der Waals surface area (Å²) in [4.78, 5) is 23.4. The zero-order valence-electron chi connectivity index (χ0n) is 13.6. The molecule has 7 heteroatoms. The molecule has 0 bridgehead atoms. The number of carbonyl (C=O) groups excluding carboxylic acids is 2. The first-order valence-electron chi connectivity index (χ1n) is 8.06. The Labute approximate surface area is 149 Å². The minimum atomic E-state index is -0.476. The molecule has 6 nitrogen and oxygen atoms in total. The largest absolute Gasteiger partial charge is 0.488 e. The van der Waals surface area contributed by atoms with Crippen molar-refractivity contribution >= 4 is 23.2 Å². The van der Waals surface area contributed by atoms with Gasteiger partial charge in [-0.05, 0) is 46.7 Å². The summed E-state index contributed by atoms with van der Waals surface area (Å²) in [5.41, 5.74) is 6.67. The molecule has 1 saturated heterocycles. The lowest BCUT2D eigenvalue weighted by molar-refractivity contribution is -0.123. The Morgan fingerprint density at radius 1 is 1.28 bits per heavy atom. The molecule has 0 spiro atoms. The zero-order chi connectivity index (χ0) is 17.6. The van der Waals surface area contributed by atoms with E-state index in [0.717, 1.165) is 5.56 Å². The van der Waals surface area contributed by atoms with Crippen LogP contribution < -0.4 is 15.8 Å². The maximum Gasteiger partial charge on any atom is 0.248 e. The second-order valence-corrected chi connectivity index (χ2v) is 6.67. The van der Waals surface area contributed by atoms with Gasteiger partial charge in [-0.3, -0.25) is 9.59 Å². The van der Waals surface area contributed by atoms with Crippen LogP contribution in [0.1, 0.15) is 22.3 Å². The van der Waals surface area contributed by atoms with Crippen molar-refractivity contribution in [3.8, 4) is 5.75 Å². The molecule has 0 unspecified atom stereocenters. The Kier molecular flexibility index (Phi) is 5.67. The van der Waals surface area contributed by atoms with Crippen molar-refractivity contribution in [2.45, 2.75) is 25.0 Å². The zero-order valence-corrected chi connectivity index (χ0v) is 14.5. The van der Waals surface area contributed by atoms with E-state index in [1.54, 1.807) is 35.6 Å². The van der Waals surface area contributed by atoms with E-state index in [-0.39, 0.29) is 18.1 Å². The van der Waals surface area contributed by atoms with Gasteiger partial charge in [0.05, 0.1) is 25.7 Å². The molecule has 0 radical (unpaired) electrons. The summed E-state index contributed by atoms with van der Waals surface area (Å²) >= 11 is 1.57. The van der Waals surface area contributed by atoms with Gasteiger partial charge in [0, 0.05) is 12.0 Å². The molecule has 1 aromatic heterocycles. The van der Waals surface area contributed by atoms with Gasteiger partial charge in [-0.1, -0.05) is 0 Å². The van der Waals surface area contributed by atoms with Gasteiger partial charge < -0.3 is 20.5 Å². The fraction of sp³-hybridized carbons (Fsp3) is 0.333. The predicted molar refractivity (Wildman–Crippen MR) is 94.8 cm³/mol. The molecule has 0 aliphatic carbocycles. The molecule has 2 aromatic rings. The monoisotopic (exact) mass is 360 g/mol. The lowest BCUT2D eigenvalue weighted by Gasteiger charge is -2.32. The van der Waals surface area contributed by atoms with Crippen molar-refractivity contribution in [1.82, 2.24) is 5.32 Å². The minimum Gasteiger partial charge on any atom is -0.488 e. The van der Waals surface area contributed by atoms with Gasteiger partial charge in [0.1, 0.15) is 11.9 Å². The van der Waals surface area contributed by atoms with Gasteiger partial charge in [0.25, 0.3) is 0 Å². The summed E-state index contributed by atoms with van der Waals surface area (Å²) < 4.78 is 11.5. The quantitative estimate of drug-likeness (QED) is 0.821. The summed E-state index contributed by atoms with van der Waals surface area (Å²) in [7, 11) is 0. The average Bonchev–Trinajstić information content (AvgIpc) is 3.10. The predicted octanol–water partition coefficient (Wildman–Crippen LogP) is 1.74. The Morgan fingerprint density at radius 2 is 2.08 bits per heavy atom. The Balaban J connectivity index is 1.60. The Morgan fingerprint density at radius 3 is 2.76 bits per heavy atom. The number of rotatable bonds is 6. The second-order valence-electron chi connectivity index (χ2n) is 5.89. The van der Waals surface area contributed by atoms with Gasteiger partial charge in [0.2, 0.25) is 11.8 Å². The molecule has 3 rings (SSSR count). The smallest absolute Gasteiger partial charge is 0.248 e. The topological polar surface area (TPSA) is 90.7 Å². The highest BCUT2D eigenvalue weighted by Gasteiger charge is 2.29.